The number of carbonyl (C=O) groups is 1. The van der Waals surface area contributed by atoms with Gasteiger partial charge in [-0.25, -0.2) is 4.39 Å². The van der Waals surface area contributed by atoms with Gasteiger partial charge in [-0.15, -0.1) is 9.24 Å². The average molecular weight is 415 g/mol. The Morgan fingerprint density at radius 1 is 1.12 bits per heavy atom. The molecule has 1 amide bonds. The van der Waals surface area contributed by atoms with E-state index >= 15 is 0 Å². The van der Waals surface area contributed by atoms with Crippen LogP contribution >= 0.6 is 32.4 Å². The molecule has 0 bridgehead atoms. The molecule has 1 saturated heterocycles. The lowest BCUT2D eigenvalue weighted by atomic mass is 10.1. The first-order valence-corrected chi connectivity index (χ1v) is 9.42. The Labute approximate surface area is 163 Å². The summed E-state index contributed by atoms with van der Waals surface area (Å²) < 4.78 is 13.4. The van der Waals surface area contributed by atoms with E-state index in [1.165, 1.54) is 18.2 Å². The number of hydrogen-bond donors (Lipinski definition) is 1. The predicted octanol–water partition coefficient (Wildman–Crippen LogP) is 3.02. The summed E-state index contributed by atoms with van der Waals surface area (Å²) in [4.78, 5) is 16.2. The van der Waals surface area contributed by atoms with Gasteiger partial charge in [0.15, 0.2) is 6.10 Å². The molecule has 3 rings (SSSR count). The number of benzene rings is 2. The van der Waals surface area contributed by atoms with Crippen LogP contribution in [0.15, 0.2) is 36.4 Å². The lowest BCUT2D eigenvalue weighted by Gasteiger charge is -2.37. The Kier molecular flexibility index (Phi) is 6.03. The van der Waals surface area contributed by atoms with Gasteiger partial charge in [0.2, 0.25) is 0 Å². The monoisotopic (exact) mass is 414 g/mol. The van der Waals surface area contributed by atoms with Crippen molar-refractivity contribution in [3.63, 3.8) is 0 Å². The van der Waals surface area contributed by atoms with Crippen LogP contribution < -0.4 is 10.2 Å². The van der Waals surface area contributed by atoms with Crippen molar-refractivity contribution in [1.82, 2.24) is 4.90 Å². The molecule has 1 aliphatic heterocycles. The van der Waals surface area contributed by atoms with Gasteiger partial charge in [-0.1, -0.05) is 29.3 Å². The van der Waals surface area contributed by atoms with E-state index in [1.54, 1.807) is 17.0 Å². The van der Waals surface area contributed by atoms with Crippen molar-refractivity contribution in [2.75, 3.05) is 31.1 Å². The van der Waals surface area contributed by atoms with Gasteiger partial charge in [0.25, 0.3) is 5.91 Å². The maximum Gasteiger partial charge on any atom is 0.256 e. The van der Waals surface area contributed by atoms with Crippen LogP contribution in [0.1, 0.15) is 11.7 Å². The molecule has 0 radical (unpaired) electrons. The van der Waals surface area contributed by atoms with E-state index in [9.17, 15) is 14.3 Å². The molecule has 1 aliphatic rings. The summed E-state index contributed by atoms with van der Waals surface area (Å²) in [5.74, 6) is -0.783. The third-order valence-electron chi connectivity index (χ3n) is 4.41. The van der Waals surface area contributed by atoms with E-state index in [0.717, 1.165) is 5.69 Å². The molecular formula is C18H18Cl2FN2O2P. The first-order valence-electron chi connectivity index (χ1n) is 8.08. The van der Waals surface area contributed by atoms with Gasteiger partial charge in [0, 0.05) is 36.5 Å². The fourth-order valence-electron chi connectivity index (χ4n) is 2.95. The molecule has 0 aromatic heterocycles. The molecule has 4 nitrogen and oxygen atoms in total. The summed E-state index contributed by atoms with van der Waals surface area (Å²) in [5, 5.41) is 11.8. The van der Waals surface area contributed by atoms with Crippen LogP contribution in [0.5, 0.6) is 0 Å². The number of carbonyl (C=O) groups excluding carboxylic acids is 1. The Morgan fingerprint density at radius 2 is 1.81 bits per heavy atom. The standard InChI is InChI=1S/C18H18Cl2FN2O2P/c19-12-2-4-15(13(20)10-12)22-5-7-23(8-6-22)18(25)17(24)11-1-3-14(21)16(26)9-11/h1-4,9-10,17,24H,5-8,26H2. The smallest absolute Gasteiger partial charge is 0.256 e. The van der Waals surface area contributed by atoms with Gasteiger partial charge < -0.3 is 14.9 Å². The number of anilines is 1. The molecule has 1 N–H and O–H groups in total. The molecule has 8 heteroatoms. The zero-order valence-corrected chi connectivity index (χ0v) is 16.5. The van der Waals surface area contributed by atoms with Gasteiger partial charge in [-0.3, -0.25) is 4.79 Å². The maximum atomic E-state index is 13.4. The van der Waals surface area contributed by atoms with Crippen LogP contribution in [0.2, 0.25) is 10.0 Å². The van der Waals surface area contributed by atoms with Crippen molar-refractivity contribution < 1.29 is 14.3 Å². The fourth-order valence-corrected chi connectivity index (χ4v) is 3.77. The van der Waals surface area contributed by atoms with Crippen molar-refractivity contribution in [2.24, 2.45) is 0 Å². The highest BCUT2D eigenvalue weighted by atomic mass is 35.5. The summed E-state index contributed by atoms with van der Waals surface area (Å²) in [6.07, 6.45) is -1.31. The van der Waals surface area contributed by atoms with E-state index < -0.39 is 11.9 Å². The third-order valence-corrected chi connectivity index (χ3v) is 5.39. The van der Waals surface area contributed by atoms with Crippen LogP contribution in [-0.2, 0) is 4.79 Å². The van der Waals surface area contributed by atoms with E-state index in [4.69, 9.17) is 23.2 Å². The molecule has 1 heterocycles. The van der Waals surface area contributed by atoms with Crippen molar-refractivity contribution in [3.8, 4) is 0 Å². The fraction of sp³-hybridized carbons (Fsp3) is 0.278. The number of amides is 1. The van der Waals surface area contributed by atoms with Crippen LogP contribution in [0.3, 0.4) is 0 Å². The first kappa shape index (κ1) is 19.4. The summed E-state index contributed by atoms with van der Waals surface area (Å²) in [6.45, 7) is 2.11. The molecule has 2 aromatic rings. The second kappa shape index (κ2) is 8.10. The summed E-state index contributed by atoms with van der Waals surface area (Å²) in [6, 6.07) is 9.46. The van der Waals surface area contributed by atoms with Crippen molar-refractivity contribution >= 4 is 49.3 Å². The van der Waals surface area contributed by atoms with Crippen LogP contribution in [-0.4, -0.2) is 42.1 Å². The highest BCUT2D eigenvalue weighted by molar-refractivity contribution is 7.27. The second-order valence-electron chi connectivity index (χ2n) is 6.09. The van der Waals surface area contributed by atoms with Crippen molar-refractivity contribution in [1.29, 1.82) is 0 Å². The number of hydrogen-bond acceptors (Lipinski definition) is 3. The van der Waals surface area contributed by atoms with E-state index in [2.05, 4.69) is 14.1 Å². The number of aliphatic hydroxyl groups is 1. The SMILES string of the molecule is O=C(C(O)c1ccc(F)c(P)c1)N1CCN(c2ccc(Cl)cc2Cl)CC1. The zero-order chi connectivity index (χ0) is 18.8. The Morgan fingerprint density at radius 3 is 2.42 bits per heavy atom. The van der Waals surface area contributed by atoms with Gasteiger partial charge in [0.1, 0.15) is 5.82 Å². The number of halogens is 3. The number of rotatable bonds is 3. The second-order valence-corrected chi connectivity index (χ2v) is 7.56. The average Bonchev–Trinajstić information content (AvgIpc) is 2.63. The van der Waals surface area contributed by atoms with Gasteiger partial charge in [-0.05, 0) is 35.9 Å². The topological polar surface area (TPSA) is 43.8 Å². The minimum absolute atomic E-state index is 0.316. The minimum atomic E-state index is -1.31. The first-order chi connectivity index (χ1) is 12.4. The molecule has 2 atom stereocenters. The molecule has 2 unspecified atom stereocenters. The number of piperazine rings is 1. The predicted molar refractivity (Wildman–Crippen MR) is 106 cm³/mol. The largest absolute Gasteiger partial charge is 0.378 e. The van der Waals surface area contributed by atoms with Gasteiger partial charge in [-0.2, -0.15) is 0 Å². The molecule has 0 spiro atoms. The summed E-state index contributed by atoms with van der Waals surface area (Å²) >= 11 is 12.2. The highest BCUT2D eigenvalue weighted by Crippen LogP contribution is 2.29. The molecule has 26 heavy (non-hydrogen) atoms. The normalized spacial score (nSPS) is 15.9. The van der Waals surface area contributed by atoms with E-state index in [0.29, 0.717) is 47.1 Å². The molecule has 2 aromatic carbocycles. The third kappa shape index (κ3) is 4.12. The highest BCUT2D eigenvalue weighted by Gasteiger charge is 2.28. The maximum absolute atomic E-state index is 13.4. The van der Waals surface area contributed by atoms with E-state index in [1.807, 2.05) is 6.07 Å². The summed E-state index contributed by atoms with van der Waals surface area (Å²) in [7, 11) is 2.25. The molecule has 1 fully saturated rings. The van der Waals surface area contributed by atoms with Gasteiger partial charge >= 0.3 is 0 Å². The molecule has 0 saturated carbocycles. The van der Waals surface area contributed by atoms with Crippen LogP contribution in [0, 0.1) is 5.82 Å². The van der Waals surface area contributed by atoms with Crippen LogP contribution in [0.4, 0.5) is 10.1 Å². The van der Waals surface area contributed by atoms with E-state index in [-0.39, 0.29) is 5.91 Å². The lowest BCUT2D eigenvalue weighted by Crippen LogP contribution is -2.50. The summed E-state index contributed by atoms with van der Waals surface area (Å²) in [5.41, 5.74) is 1.25. The minimum Gasteiger partial charge on any atom is -0.378 e. The van der Waals surface area contributed by atoms with Crippen molar-refractivity contribution in [3.05, 3.63) is 57.8 Å². The van der Waals surface area contributed by atoms with Crippen molar-refractivity contribution in [2.45, 2.75) is 6.10 Å². The van der Waals surface area contributed by atoms with Crippen LogP contribution in [0.25, 0.3) is 0 Å². The van der Waals surface area contributed by atoms with Gasteiger partial charge in [0.05, 0.1) is 10.7 Å². The number of nitrogens with zero attached hydrogens (tertiary/aromatic N) is 2. The number of aliphatic hydroxyl groups excluding tert-OH is 1. The Balaban J connectivity index is 1.65. The molecule has 0 aliphatic carbocycles. The molecular weight excluding hydrogens is 397 g/mol. The quantitative estimate of drug-likeness (QED) is 0.785. The lowest BCUT2D eigenvalue weighted by molar-refractivity contribution is -0.140. The zero-order valence-electron chi connectivity index (χ0n) is 13.8. The molecule has 138 valence electrons. The Hall–Kier alpha value is -1.39. The Bertz CT molecular complexity index is 829.